The number of rotatable bonds is 2. The first-order valence-corrected chi connectivity index (χ1v) is 7.19. The Hall–Kier alpha value is -1.07. The van der Waals surface area contributed by atoms with Crippen molar-refractivity contribution in [1.82, 2.24) is 15.1 Å². The van der Waals surface area contributed by atoms with Gasteiger partial charge in [0, 0.05) is 25.3 Å². The van der Waals surface area contributed by atoms with Gasteiger partial charge in [0.25, 0.3) is 5.91 Å². The SMILES string of the molecule is Cl.Cn1nccc1C(=O)NC1C2CCCC1CC(N)C2. The number of amides is 1. The predicted molar refractivity (Wildman–Crippen MR) is 79.8 cm³/mol. The second kappa shape index (κ2) is 6.14. The van der Waals surface area contributed by atoms with Gasteiger partial charge >= 0.3 is 0 Å². The fourth-order valence-corrected chi connectivity index (χ4v) is 3.85. The molecule has 1 heterocycles. The molecular formula is C14H23ClN4O. The Morgan fingerprint density at radius 3 is 2.60 bits per heavy atom. The molecule has 2 aliphatic carbocycles. The molecule has 0 aromatic carbocycles. The van der Waals surface area contributed by atoms with Gasteiger partial charge in [-0.3, -0.25) is 9.48 Å². The maximum atomic E-state index is 12.3. The minimum Gasteiger partial charge on any atom is -0.347 e. The summed E-state index contributed by atoms with van der Waals surface area (Å²) in [6.07, 6.45) is 7.42. The van der Waals surface area contributed by atoms with Crippen molar-refractivity contribution in [3.05, 3.63) is 18.0 Å². The smallest absolute Gasteiger partial charge is 0.269 e. The van der Waals surface area contributed by atoms with Crippen LogP contribution in [0.25, 0.3) is 0 Å². The summed E-state index contributed by atoms with van der Waals surface area (Å²) in [7, 11) is 1.80. The third kappa shape index (κ3) is 2.83. The van der Waals surface area contributed by atoms with Gasteiger partial charge in [-0.1, -0.05) is 6.42 Å². The van der Waals surface area contributed by atoms with Crippen molar-refractivity contribution in [2.45, 2.75) is 44.2 Å². The molecule has 2 aliphatic rings. The molecule has 2 bridgehead atoms. The zero-order valence-electron chi connectivity index (χ0n) is 11.8. The van der Waals surface area contributed by atoms with E-state index in [2.05, 4.69) is 10.4 Å². The van der Waals surface area contributed by atoms with Crippen molar-refractivity contribution in [2.75, 3.05) is 0 Å². The van der Waals surface area contributed by atoms with Crippen molar-refractivity contribution in [3.63, 3.8) is 0 Å². The third-order valence-corrected chi connectivity index (χ3v) is 4.73. The van der Waals surface area contributed by atoms with E-state index in [9.17, 15) is 4.79 Å². The van der Waals surface area contributed by atoms with Gasteiger partial charge in [-0.15, -0.1) is 12.4 Å². The number of hydrogen-bond acceptors (Lipinski definition) is 3. The summed E-state index contributed by atoms with van der Waals surface area (Å²) >= 11 is 0. The van der Waals surface area contributed by atoms with Gasteiger partial charge in [-0.2, -0.15) is 5.10 Å². The van der Waals surface area contributed by atoms with E-state index in [1.54, 1.807) is 24.0 Å². The average molecular weight is 299 g/mol. The highest BCUT2D eigenvalue weighted by Crippen LogP contribution is 2.39. The predicted octanol–water partition coefficient (Wildman–Crippen LogP) is 1.48. The lowest BCUT2D eigenvalue weighted by Crippen LogP contribution is -2.53. The van der Waals surface area contributed by atoms with E-state index in [0.717, 1.165) is 12.8 Å². The van der Waals surface area contributed by atoms with Gasteiger partial charge in [0.15, 0.2) is 0 Å². The summed E-state index contributed by atoms with van der Waals surface area (Å²) in [5.41, 5.74) is 6.74. The number of hydrogen-bond donors (Lipinski definition) is 2. The largest absolute Gasteiger partial charge is 0.347 e. The van der Waals surface area contributed by atoms with Gasteiger partial charge < -0.3 is 11.1 Å². The van der Waals surface area contributed by atoms with E-state index in [1.165, 1.54) is 19.3 Å². The Balaban J connectivity index is 0.00000147. The first kappa shape index (κ1) is 15.3. The van der Waals surface area contributed by atoms with Crippen LogP contribution in [0, 0.1) is 11.8 Å². The number of aromatic nitrogens is 2. The van der Waals surface area contributed by atoms with Crippen LogP contribution in [0.5, 0.6) is 0 Å². The third-order valence-electron chi connectivity index (χ3n) is 4.73. The number of nitrogens with zero attached hydrogens (tertiary/aromatic N) is 2. The van der Waals surface area contributed by atoms with E-state index in [-0.39, 0.29) is 18.3 Å². The zero-order chi connectivity index (χ0) is 13.4. The normalized spacial score (nSPS) is 32.3. The summed E-state index contributed by atoms with van der Waals surface area (Å²) in [4.78, 5) is 12.3. The zero-order valence-corrected chi connectivity index (χ0v) is 12.6. The van der Waals surface area contributed by atoms with E-state index >= 15 is 0 Å². The molecule has 2 saturated carbocycles. The summed E-state index contributed by atoms with van der Waals surface area (Å²) in [5.74, 6) is 1.11. The number of fused-ring (bicyclic) bond motifs is 2. The molecule has 2 unspecified atom stereocenters. The highest BCUT2D eigenvalue weighted by Gasteiger charge is 2.40. The van der Waals surface area contributed by atoms with Crippen molar-refractivity contribution in [3.8, 4) is 0 Å². The van der Waals surface area contributed by atoms with Crippen LogP contribution < -0.4 is 11.1 Å². The number of nitrogens with two attached hydrogens (primary N) is 1. The van der Waals surface area contributed by atoms with E-state index in [0.29, 0.717) is 29.6 Å². The van der Waals surface area contributed by atoms with Gasteiger partial charge in [0.1, 0.15) is 5.69 Å². The second-order valence-electron chi connectivity index (χ2n) is 6.02. The second-order valence-corrected chi connectivity index (χ2v) is 6.02. The van der Waals surface area contributed by atoms with E-state index in [4.69, 9.17) is 5.73 Å². The maximum absolute atomic E-state index is 12.3. The quantitative estimate of drug-likeness (QED) is 0.868. The monoisotopic (exact) mass is 298 g/mol. The Labute approximate surface area is 125 Å². The first-order valence-electron chi connectivity index (χ1n) is 7.19. The fourth-order valence-electron chi connectivity index (χ4n) is 3.85. The summed E-state index contributed by atoms with van der Waals surface area (Å²) < 4.78 is 1.62. The Morgan fingerprint density at radius 1 is 1.40 bits per heavy atom. The molecule has 112 valence electrons. The van der Waals surface area contributed by atoms with Crippen LogP contribution in [0.3, 0.4) is 0 Å². The maximum Gasteiger partial charge on any atom is 0.269 e. The summed E-state index contributed by atoms with van der Waals surface area (Å²) in [6, 6.07) is 2.38. The van der Waals surface area contributed by atoms with Crippen LogP contribution in [0.15, 0.2) is 12.3 Å². The fraction of sp³-hybridized carbons (Fsp3) is 0.714. The highest BCUT2D eigenvalue weighted by atomic mass is 35.5. The lowest BCUT2D eigenvalue weighted by molar-refractivity contribution is 0.0748. The molecular weight excluding hydrogens is 276 g/mol. The van der Waals surface area contributed by atoms with Crippen LogP contribution in [0.1, 0.15) is 42.6 Å². The minimum atomic E-state index is -0.00243. The van der Waals surface area contributed by atoms with Crippen molar-refractivity contribution in [2.24, 2.45) is 24.6 Å². The molecule has 2 fully saturated rings. The standard InChI is InChI=1S/C14H22N4O.ClH/c1-18-12(5-6-16-18)14(19)17-13-9-3-2-4-10(13)8-11(15)7-9;/h5-6,9-11,13H,2-4,7-8,15H2,1H3,(H,17,19);1H. The van der Waals surface area contributed by atoms with Crippen LogP contribution in [0.4, 0.5) is 0 Å². The molecule has 1 amide bonds. The number of nitrogens with one attached hydrogen (secondary N) is 1. The topological polar surface area (TPSA) is 72.9 Å². The van der Waals surface area contributed by atoms with Crippen molar-refractivity contribution >= 4 is 18.3 Å². The first-order chi connectivity index (χ1) is 9.15. The average Bonchev–Trinajstić information content (AvgIpc) is 2.76. The molecule has 5 nitrogen and oxygen atoms in total. The number of aryl methyl sites for hydroxylation is 1. The number of carbonyl (C=O) groups excluding carboxylic acids is 1. The lowest BCUT2D eigenvalue weighted by atomic mass is 9.67. The molecule has 3 N–H and O–H groups in total. The molecule has 1 aromatic rings. The van der Waals surface area contributed by atoms with Gasteiger partial charge in [0.05, 0.1) is 0 Å². The van der Waals surface area contributed by atoms with Crippen LogP contribution in [-0.2, 0) is 7.05 Å². The van der Waals surface area contributed by atoms with Crippen LogP contribution >= 0.6 is 12.4 Å². The highest BCUT2D eigenvalue weighted by molar-refractivity contribution is 5.92. The molecule has 0 saturated heterocycles. The Morgan fingerprint density at radius 2 is 2.05 bits per heavy atom. The Bertz CT molecular complexity index is 461. The minimum absolute atomic E-state index is 0. The molecule has 0 radical (unpaired) electrons. The molecule has 0 spiro atoms. The molecule has 3 rings (SSSR count). The molecule has 6 heteroatoms. The molecule has 20 heavy (non-hydrogen) atoms. The van der Waals surface area contributed by atoms with Crippen LogP contribution in [-0.4, -0.2) is 27.8 Å². The summed E-state index contributed by atoms with van der Waals surface area (Å²) in [6.45, 7) is 0. The van der Waals surface area contributed by atoms with E-state index < -0.39 is 0 Å². The molecule has 1 aromatic heterocycles. The summed E-state index contributed by atoms with van der Waals surface area (Å²) in [5, 5.41) is 7.28. The molecule has 0 aliphatic heterocycles. The number of carbonyl (C=O) groups is 1. The van der Waals surface area contributed by atoms with Crippen molar-refractivity contribution in [1.29, 1.82) is 0 Å². The van der Waals surface area contributed by atoms with Crippen molar-refractivity contribution < 1.29 is 4.79 Å². The van der Waals surface area contributed by atoms with Crippen LogP contribution in [0.2, 0.25) is 0 Å². The van der Waals surface area contributed by atoms with Gasteiger partial charge in [-0.05, 0) is 43.6 Å². The van der Waals surface area contributed by atoms with Gasteiger partial charge in [-0.25, -0.2) is 0 Å². The van der Waals surface area contributed by atoms with E-state index in [1.807, 2.05) is 0 Å². The molecule has 2 atom stereocenters. The Kier molecular flexibility index (Phi) is 4.70. The lowest BCUT2D eigenvalue weighted by Gasteiger charge is -2.45. The van der Waals surface area contributed by atoms with Gasteiger partial charge in [0.2, 0.25) is 0 Å². The number of halogens is 1.